The van der Waals surface area contributed by atoms with E-state index in [2.05, 4.69) is 5.32 Å². The lowest BCUT2D eigenvalue weighted by molar-refractivity contribution is 0.0961. The Bertz CT molecular complexity index is 722. The van der Waals surface area contributed by atoms with Crippen LogP contribution in [0.4, 0.5) is 5.69 Å². The van der Waals surface area contributed by atoms with Gasteiger partial charge < -0.3 is 11.1 Å². The molecule has 2 rings (SSSR count). The van der Waals surface area contributed by atoms with E-state index in [0.717, 1.165) is 10.1 Å². The third-order valence-electron chi connectivity index (χ3n) is 2.51. The highest BCUT2D eigenvalue weighted by Crippen LogP contribution is 2.33. The number of anilines is 1. The van der Waals surface area contributed by atoms with E-state index in [-0.39, 0.29) is 18.2 Å². The minimum Gasteiger partial charge on any atom is -0.397 e. The van der Waals surface area contributed by atoms with Crippen molar-refractivity contribution in [2.45, 2.75) is 0 Å². The van der Waals surface area contributed by atoms with Gasteiger partial charge in [0.05, 0.1) is 11.4 Å². The van der Waals surface area contributed by atoms with Crippen molar-refractivity contribution >= 4 is 43.0 Å². The van der Waals surface area contributed by atoms with Crippen molar-refractivity contribution in [3.63, 3.8) is 0 Å². The summed E-state index contributed by atoms with van der Waals surface area (Å²) < 4.78 is 22.4. The fourth-order valence-electron chi connectivity index (χ4n) is 1.62. The Morgan fingerprint density at radius 2 is 2.00 bits per heavy atom. The van der Waals surface area contributed by atoms with Crippen LogP contribution in [0, 0.1) is 0 Å². The second-order valence-electron chi connectivity index (χ2n) is 3.96. The minimum atomic E-state index is -3.58. The number of nitrogens with one attached hydrogen (secondary N) is 1. The van der Waals surface area contributed by atoms with Crippen molar-refractivity contribution < 1.29 is 13.2 Å². The van der Waals surface area contributed by atoms with E-state index in [1.807, 2.05) is 24.3 Å². The number of fused-ring (bicyclic) bond motifs is 1. The molecule has 0 atom stereocenters. The fraction of sp³-hybridized carbons (Fsp3) is 0.182. The zero-order chi connectivity index (χ0) is 14.0. The molecule has 0 aliphatic rings. The zero-order valence-corrected chi connectivity index (χ0v) is 11.6. The fourth-order valence-corrected chi connectivity index (χ4v) is 3.05. The predicted octanol–water partition coefficient (Wildman–Crippen LogP) is 0.502. The third-order valence-corrected chi connectivity index (χ3v) is 4.47. The number of amides is 1. The smallest absolute Gasteiger partial charge is 0.263 e. The molecular weight excluding hydrogens is 286 g/mol. The number of primary sulfonamides is 1. The molecule has 1 amide bonds. The molecule has 8 heteroatoms. The van der Waals surface area contributed by atoms with Crippen LogP contribution in [-0.4, -0.2) is 26.6 Å². The van der Waals surface area contributed by atoms with Gasteiger partial charge in [-0.25, -0.2) is 13.6 Å². The molecule has 0 unspecified atom stereocenters. The SMILES string of the molecule is Nc1c(C(=O)NCCS(N)(=O)=O)sc2ccccc12. The summed E-state index contributed by atoms with van der Waals surface area (Å²) in [5, 5.41) is 8.16. The van der Waals surface area contributed by atoms with E-state index < -0.39 is 10.0 Å². The van der Waals surface area contributed by atoms with Gasteiger partial charge in [-0.15, -0.1) is 11.3 Å². The Morgan fingerprint density at radius 1 is 1.32 bits per heavy atom. The number of sulfonamides is 1. The van der Waals surface area contributed by atoms with E-state index in [4.69, 9.17) is 10.9 Å². The Hall–Kier alpha value is -1.64. The topological polar surface area (TPSA) is 115 Å². The molecule has 0 aliphatic heterocycles. The molecule has 0 bridgehead atoms. The van der Waals surface area contributed by atoms with Gasteiger partial charge in [-0.05, 0) is 6.07 Å². The van der Waals surface area contributed by atoms with Crippen molar-refractivity contribution in [1.82, 2.24) is 5.32 Å². The Balaban J connectivity index is 2.16. The van der Waals surface area contributed by atoms with Crippen molar-refractivity contribution in [1.29, 1.82) is 0 Å². The summed E-state index contributed by atoms with van der Waals surface area (Å²) in [6, 6.07) is 7.41. The van der Waals surface area contributed by atoms with Gasteiger partial charge in [-0.3, -0.25) is 4.79 Å². The largest absolute Gasteiger partial charge is 0.397 e. The standard InChI is InChI=1S/C11H13N3O3S2/c12-9-7-3-1-2-4-8(7)18-10(9)11(15)14-5-6-19(13,16)17/h1-4H,5-6,12H2,(H,14,15)(H2,13,16,17). The average Bonchev–Trinajstić information content (AvgIpc) is 2.66. The highest BCUT2D eigenvalue weighted by Gasteiger charge is 2.16. The summed E-state index contributed by atoms with van der Waals surface area (Å²) in [6.07, 6.45) is 0. The lowest BCUT2D eigenvalue weighted by Crippen LogP contribution is -2.31. The van der Waals surface area contributed by atoms with Gasteiger partial charge in [0, 0.05) is 16.6 Å². The first-order chi connectivity index (χ1) is 8.88. The lowest BCUT2D eigenvalue weighted by Gasteiger charge is -2.03. The number of hydrogen-bond acceptors (Lipinski definition) is 5. The average molecular weight is 299 g/mol. The van der Waals surface area contributed by atoms with Crippen LogP contribution < -0.4 is 16.2 Å². The molecule has 6 nitrogen and oxygen atoms in total. The number of carbonyl (C=O) groups excluding carboxylic acids is 1. The highest BCUT2D eigenvalue weighted by molar-refractivity contribution is 7.89. The van der Waals surface area contributed by atoms with Crippen molar-refractivity contribution in [2.24, 2.45) is 5.14 Å². The van der Waals surface area contributed by atoms with Crippen LogP contribution >= 0.6 is 11.3 Å². The number of carbonyl (C=O) groups is 1. The molecule has 0 radical (unpaired) electrons. The molecule has 2 aromatic rings. The summed E-state index contributed by atoms with van der Waals surface area (Å²) in [4.78, 5) is 12.3. The van der Waals surface area contributed by atoms with E-state index >= 15 is 0 Å². The van der Waals surface area contributed by atoms with E-state index in [9.17, 15) is 13.2 Å². The highest BCUT2D eigenvalue weighted by atomic mass is 32.2. The monoisotopic (exact) mass is 299 g/mol. The van der Waals surface area contributed by atoms with Crippen LogP contribution in [-0.2, 0) is 10.0 Å². The Morgan fingerprint density at radius 3 is 2.63 bits per heavy atom. The van der Waals surface area contributed by atoms with Gasteiger partial charge in [0.25, 0.3) is 5.91 Å². The van der Waals surface area contributed by atoms with Gasteiger partial charge in [-0.1, -0.05) is 18.2 Å². The van der Waals surface area contributed by atoms with Gasteiger partial charge in [0.2, 0.25) is 10.0 Å². The number of hydrogen-bond donors (Lipinski definition) is 3. The van der Waals surface area contributed by atoms with Gasteiger partial charge in [0.15, 0.2) is 0 Å². The molecule has 0 spiro atoms. The Kier molecular flexibility index (Phi) is 3.74. The van der Waals surface area contributed by atoms with E-state index in [1.165, 1.54) is 11.3 Å². The molecule has 0 fully saturated rings. The van der Waals surface area contributed by atoms with E-state index in [0.29, 0.717) is 10.6 Å². The van der Waals surface area contributed by atoms with Crippen molar-refractivity contribution in [3.8, 4) is 0 Å². The second kappa shape index (κ2) is 5.16. The summed E-state index contributed by atoms with van der Waals surface area (Å²) in [5.74, 6) is -0.689. The predicted molar refractivity (Wildman–Crippen MR) is 76.5 cm³/mol. The summed E-state index contributed by atoms with van der Waals surface area (Å²) >= 11 is 1.27. The van der Waals surface area contributed by atoms with Crippen molar-refractivity contribution in [2.75, 3.05) is 18.0 Å². The molecule has 5 N–H and O–H groups in total. The van der Waals surface area contributed by atoms with Gasteiger partial charge in [-0.2, -0.15) is 0 Å². The van der Waals surface area contributed by atoms with Crippen LogP contribution in [0.5, 0.6) is 0 Å². The van der Waals surface area contributed by atoms with Crippen LogP contribution in [0.25, 0.3) is 10.1 Å². The summed E-state index contributed by atoms with van der Waals surface area (Å²) in [6.45, 7) is -0.0364. The molecule has 19 heavy (non-hydrogen) atoms. The number of nitrogen functional groups attached to an aromatic ring is 1. The molecule has 1 heterocycles. The number of nitrogens with two attached hydrogens (primary N) is 2. The maximum absolute atomic E-state index is 11.9. The molecule has 0 saturated carbocycles. The van der Waals surface area contributed by atoms with E-state index in [1.54, 1.807) is 0 Å². The van der Waals surface area contributed by atoms with Gasteiger partial charge in [0.1, 0.15) is 4.88 Å². The summed E-state index contributed by atoms with van der Waals surface area (Å²) in [5.41, 5.74) is 6.31. The van der Waals surface area contributed by atoms with Gasteiger partial charge >= 0.3 is 0 Å². The quantitative estimate of drug-likeness (QED) is 0.762. The first kappa shape index (κ1) is 13.8. The van der Waals surface area contributed by atoms with Crippen LogP contribution in [0.15, 0.2) is 24.3 Å². The number of rotatable bonds is 4. The maximum atomic E-state index is 11.9. The molecule has 0 saturated heterocycles. The minimum absolute atomic E-state index is 0.0364. The molecule has 0 aliphatic carbocycles. The number of benzene rings is 1. The first-order valence-electron chi connectivity index (χ1n) is 5.44. The third kappa shape index (κ3) is 3.22. The molecule has 1 aromatic carbocycles. The Labute approximate surface area is 114 Å². The van der Waals surface area contributed by atoms with Crippen LogP contribution in [0.2, 0.25) is 0 Å². The summed E-state index contributed by atoms with van der Waals surface area (Å²) in [7, 11) is -3.58. The zero-order valence-electron chi connectivity index (χ0n) is 9.92. The van der Waals surface area contributed by atoms with Crippen LogP contribution in [0.3, 0.4) is 0 Å². The lowest BCUT2D eigenvalue weighted by atomic mass is 10.2. The number of thiophene rings is 1. The molecule has 1 aromatic heterocycles. The molecule has 102 valence electrons. The first-order valence-corrected chi connectivity index (χ1v) is 7.97. The van der Waals surface area contributed by atoms with Crippen LogP contribution in [0.1, 0.15) is 9.67 Å². The maximum Gasteiger partial charge on any atom is 0.263 e. The molecular formula is C11H13N3O3S2. The second-order valence-corrected chi connectivity index (χ2v) is 6.75. The normalized spacial score (nSPS) is 11.6. The van der Waals surface area contributed by atoms with Crippen molar-refractivity contribution in [3.05, 3.63) is 29.1 Å².